The normalized spacial score (nSPS) is 12.6. The summed E-state index contributed by atoms with van der Waals surface area (Å²) >= 11 is 3.40. The monoisotopic (exact) mass is 341 g/mol. The van der Waals surface area contributed by atoms with Gasteiger partial charge in [0.25, 0.3) is 0 Å². The molecule has 4 rings (SSSR count). The van der Waals surface area contributed by atoms with Crippen molar-refractivity contribution in [2.45, 2.75) is 19.9 Å². The maximum absolute atomic E-state index is 4.61. The molecule has 0 bridgehead atoms. The lowest BCUT2D eigenvalue weighted by molar-refractivity contribution is 0.640. The van der Waals surface area contributed by atoms with Crippen LogP contribution in [0.1, 0.15) is 23.7 Å². The predicted octanol–water partition coefficient (Wildman–Crippen LogP) is 4.38. The van der Waals surface area contributed by atoms with Gasteiger partial charge >= 0.3 is 0 Å². The highest BCUT2D eigenvalue weighted by molar-refractivity contribution is 7.18. The lowest BCUT2D eigenvalue weighted by atomic mass is 10.3. The number of aromatic amines is 1. The van der Waals surface area contributed by atoms with E-state index in [0.717, 1.165) is 32.0 Å². The average molecular weight is 341 g/mol. The number of rotatable bonds is 4. The fourth-order valence-electron chi connectivity index (χ4n) is 2.50. The Bertz CT molecular complexity index is 916. The molecule has 0 radical (unpaired) electrons. The summed E-state index contributed by atoms with van der Waals surface area (Å²) in [4.78, 5) is 11.5. The molecule has 4 heterocycles. The number of hydrogen-bond acceptors (Lipinski definition) is 5. The molecule has 23 heavy (non-hydrogen) atoms. The minimum atomic E-state index is 0.170. The molecular weight excluding hydrogens is 326 g/mol. The first-order valence-electron chi connectivity index (χ1n) is 7.27. The number of nitrogens with zero attached hydrogens (tertiary/aromatic N) is 4. The van der Waals surface area contributed by atoms with Gasteiger partial charge in [0.2, 0.25) is 0 Å². The summed E-state index contributed by atoms with van der Waals surface area (Å²) in [5, 5.41) is 10.2. The summed E-state index contributed by atoms with van der Waals surface area (Å²) in [7, 11) is 0. The van der Waals surface area contributed by atoms with E-state index in [2.05, 4.69) is 49.2 Å². The van der Waals surface area contributed by atoms with E-state index < -0.39 is 0 Å². The van der Waals surface area contributed by atoms with Gasteiger partial charge < -0.3 is 4.57 Å². The highest BCUT2D eigenvalue weighted by Gasteiger charge is 2.17. The van der Waals surface area contributed by atoms with Crippen molar-refractivity contribution < 1.29 is 0 Å². The average Bonchev–Trinajstić information content (AvgIpc) is 3.30. The van der Waals surface area contributed by atoms with Crippen LogP contribution in [0.15, 0.2) is 42.2 Å². The molecular formula is C16H15N5S2. The van der Waals surface area contributed by atoms with Gasteiger partial charge in [0.1, 0.15) is 5.01 Å². The molecule has 1 atom stereocenters. The van der Waals surface area contributed by atoms with Crippen LogP contribution in [0.25, 0.3) is 21.3 Å². The molecule has 0 aliphatic heterocycles. The van der Waals surface area contributed by atoms with Crippen LogP contribution in [0.5, 0.6) is 0 Å². The van der Waals surface area contributed by atoms with Gasteiger partial charge in [-0.05, 0) is 32.0 Å². The minimum Gasteiger partial charge on any atom is -0.321 e. The third-order valence-corrected chi connectivity index (χ3v) is 5.92. The van der Waals surface area contributed by atoms with Gasteiger partial charge in [-0.1, -0.05) is 0 Å². The summed E-state index contributed by atoms with van der Waals surface area (Å²) in [6, 6.07) is 6.36. The number of H-pyrrole nitrogens is 1. The molecule has 0 amide bonds. The SMILES string of the molecule is Cc1csc([C@H](C)n2ccnc2-c2ccc(-c3ccn[nH]3)s2)n1. The van der Waals surface area contributed by atoms with E-state index in [0.29, 0.717) is 0 Å². The van der Waals surface area contributed by atoms with E-state index in [1.807, 2.05) is 25.4 Å². The Balaban J connectivity index is 1.70. The Morgan fingerprint density at radius 2 is 2.04 bits per heavy atom. The zero-order chi connectivity index (χ0) is 15.8. The topological polar surface area (TPSA) is 59.4 Å². The third kappa shape index (κ3) is 2.62. The maximum atomic E-state index is 4.61. The maximum Gasteiger partial charge on any atom is 0.150 e. The predicted molar refractivity (Wildman–Crippen MR) is 93.8 cm³/mol. The summed E-state index contributed by atoms with van der Waals surface area (Å²) in [6.45, 7) is 4.18. The first-order valence-corrected chi connectivity index (χ1v) is 8.97. The van der Waals surface area contributed by atoms with Crippen molar-refractivity contribution in [3.63, 3.8) is 0 Å². The van der Waals surface area contributed by atoms with Gasteiger partial charge in [0.15, 0.2) is 5.82 Å². The highest BCUT2D eigenvalue weighted by Crippen LogP contribution is 2.34. The lowest BCUT2D eigenvalue weighted by Crippen LogP contribution is -2.06. The van der Waals surface area contributed by atoms with Crippen LogP contribution in [-0.2, 0) is 0 Å². The first kappa shape index (κ1) is 14.3. The van der Waals surface area contributed by atoms with E-state index in [1.165, 1.54) is 0 Å². The van der Waals surface area contributed by atoms with Gasteiger partial charge in [0, 0.05) is 29.7 Å². The molecule has 0 saturated heterocycles. The molecule has 4 aromatic heterocycles. The zero-order valence-corrected chi connectivity index (χ0v) is 14.4. The van der Waals surface area contributed by atoms with Crippen molar-refractivity contribution in [3.8, 4) is 21.3 Å². The van der Waals surface area contributed by atoms with Gasteiger partial charge in [-0.15, -0.1) is 22.7 Å². The second kappa shape index (κ2) is 5.75. The molecule has 0 aliphatic rings. The Labute approximate surface area is 141 Å². The molecule has 0 unspecified atom stereocenters. The highest BCUT2D eigenvalue weighted by atomic mass is 32.1. The second-order valence-corrected chi connectivity index (χ2v) is 7.27. The van der Waals surface area contributed by atoms with Crippen LogP contribution < -0.4 is 0 Å². The number of aromatic nitrogens is 5. The molecule has 116 valence electrons. The van der Waals surface area contributed by atoms with Crippen molar-refractivity contribution in [2.24, 2.45) is 0 Å². The quantitative estimate of drug-likeness (QED) is 0.599. The Hall–Kier alpha value is -2.25. The van der Waals surface area contributed by atoms with E-state index in [9.17, 15) is 0 Å². The van der Waals surface area contributed by atoms with Gasteiger partial charge in [-0.25, -0.2) is 9.97 Å². The van der Waals surface area contributed by atoms with Crippen LogP contribution in [0, 0.1) is 6.92 Å². The molecule has 0 spiro atoms. The number of imidazole rings is 1. The second-order valence-electron chi connectivity index (χ2n) is 5.30. The molecule has 0 aliphatic carbocycles. The Kier molecular flexibility index (Phi) is 3.59. The molecule has 0 saturated carbocycles. The number of thiophene rings is 1. The van der Waals surface area contributed by atoms with Gasteiger partial charge in [-0.2, -0.15) is 5.10 Å². The molecule has 0 aromatic carbocycles. The molecule has 1 N–H and O–H groups in total. The van der Waals surface area contributed by atoms with Gasteiger partial charge in [0.05, 0.1) is 21.5 Å². The number of aryl methyl sites for hydroxylation is 1. The van der Waals surface area contributed by atoms with Crippen LogP contribution in [-0.4, -0.2) is 24.7 Å². The van der Waals surface area contributed by atoms with E-state index in [1.54, 1.807) is 28.9 Å². The Morgan fingerprint density at radius 1 is 1.17 bits per heavy atom. The fraction of sp³-hybridized carbons (Fsp3) is 0.188. The van der Waals surface area contributed by atoms with Crippen LogP contribution in [0.3, 0.4) is 0 Å². The molecule has 0 fully saturated rings. The minimum absolute atomic E-state index is 0.170. The largest absolute Gasteiger partial charge is 0.321 e. The third-order valence-electron chi connectivity index (χ3n) is 3.67. The lowest BCUT2D eigenvalue weighted by Gasteiger charge is -2.13. The summed E-state index contributed by atoms with van der Waals surface area (Å²) < 4.78 is 2.18. The Morgan fingerprint density at radius 3 is 2.78 bits per heavy atom. The van der Waals surface area contributed by atoms with Crippen LogP contribution in [0.4, 0.5) is 0 Å². The number of thiazole rings is 1. The standard InChI is InChI=1S/C16H15N5S2/c1-10-9-22-16(19-10)11(2)21-8-7-17-15(21)14-4-3-13(23-14)12-5-6-18-20-12/h3-9,11H,1-2H3,(H,18,20)/t11-/m0/s1. The summed E-state index contributed by atoms with van der Waals surface area (Å²) in [5.74, 6) is 0.973. The summed E-state index contributed by atoms with van der Waals surface area (Å²) in [6.07, 6.45) is 5.64. The van der Waals surface area contributed by atoms with E-state index in [-0.39, 0.29) is 6.04 Å². The van der Waals surface area contributed by atoms with Crippen molar-refractivity contribution in [3.05, 3.63) is 52.9 Å². The first-order chi connectivity index (χ1) is 11.2. The summed E-state index contributed by atoms with van der Waals surface area (Å²) in [5.41, 5.74) is 2.10. The van der Waals surface area contributed by atoms with Crippen molar-refractivity contribution in [1.82, 2.24) is 24.7 Å². The number of nitrogens with one attached hydrogen (secondary N) is 1. The smallest absolute Gasteiger partial charge is 0.150 e. The fourth-order valence-corrected chi connectivity index (χ4v) is 4.33. The van der Waals surface area contributed by atoms with Gasteiger partial charge in [-0.3, -0.25) is 5.10 Å². The van der Waals surface area contributed by atoms with Crippen LogP contribution in [0.2, 0.25) is 0 Å². The van der Waals surface area contributed by atoms with E-state index in [4.69, 9.17) is 0 Å². The van der Waals surface area contributed by atoms with E-state index >= 15 is 0 Å². The molecule has 7 heteroatoms. The molecule has 4 aromatic rings. The van der Waals surface area contributed by atoms with Crippen LogP contribution >= 0.6 is 22.7 Å². The van der Waals surface area contributed by atoms with Crippen molar-refractivity contribution >= 4 is 22.7 Å². The van der Waals surface area contributed by atoms with Crippen molar-refractivity contribution in [1.29, 1.82) is 0 Å². The zero-order valence-electron chi connectivity index (χ0n) is 12.7. The van der Waals surface area contributed by atoms with Crippen molar-refractivity contribution in [2.75, 3.05) is 0 Å². The number of hydrogen-bond donors (Lipinski definition) is 1. The molecule has 5 nitrogen and oxygen atoms in total.